The van der Waals surface area contributed by atoms with Crippen LogP contribution in [-0.4, -0.2) is 36.8 Å². The van der Waals surface area contributed by atoms with Gasteiger partial charge in [-0.05, 0) is 13.3 Å². The van der Waals surface area contributed by atoms with E-state index in [1.165, 1.54) is 0 Å². The highest BCUT2D eigenvalue weighted by Crippen LogP contribution is 1.94. The van der Waals surface area contributed by atoms with Crippen molar-refractivity contribution in [3.63, 3.8) is 0 Å². The highest BCUT2D eigenvalue weighted by atomic mass is 32.2. The van der Waals surface area contributed by atoms with Crippen LogP contribution in [0.5, 0.6) is 0 Å². The molecule has 0 radical (unpaired) electrons. The summed E-state index contributed by atoms with van der Waals surface area (Å²) < 4.78 is 0. The number of likely N-dealkylation sites (N-methyl/N-ethyl adjacent to an activating group) is 1. The Kier molecular flexibility index (Phi) is 5.59. The minimum atomic E-state index is 0.233. The lowest BCUT2D eigenvalue weighted by Gasteiger charge is -2.09. The van der Waals surface area contributed by atoms with Gasteiger partial charge >= 0.3 is 0 Å². The van der Waals surface area contributed by atoms with Gasteiger partial charge in [-0.2, -0.15) is 11.8 Å². The molecule has 0 aromatic heterocycles. The Bertz CT molecular complexity index is 47.7. The lowest BCUT2D eigenvalue weighted by atomic mass is 10.4. The van der Waals surface area contributed by atoms with Crippen molar-refractivity contribution in [2.75, 3.05) is 25.7 Å². The van der Waals surface area contributed by atoms with E-state index in [1.54, 1.807) is 11.8 Å². The Morgan fingerprint density at radius 2 is 2.38 bits per heavy atom. The Balaban J connectivity index is 3.07. The second kappa shape index (κ2) is 5.41. The zero-order valence-corrected chi connectivity index (χ0v) is 6.16. The van der Waals surface area contributed by atoms with Gasteiger partial charge in [0.2, 0.25) is 0 Å². The summed E-state index contributed by atoms with van der Waals surface area (Å²) in [5.74, 6) is 0.979. The smallest absolute Gasteiger partial charge is 0.0592 e. The van der Waals surface area contributed by atoms with Crippen molar-refractivity contribution in [3.05, 3.63) is 0 Å². The summed E-state index contributed by atoms with van der Waals surface area (Å²) >= 11 is 1.74. The third-order valence-corrected chi connectivity index (χ3v) is 1.73. The van der Waals surface area contributed by atoms with Crippen molar-refractivity contribution >= 4 is 11.8 Å². The average molecular weight is 135 g/mol. The highest BCUT2D eigenvalue weighted by molar-refractivity contribution is 7.98. The Morgan fingerprint density at radius 1 is 1.75 bits per heavy atom. The minimum absolute atomic E-state index is 0.233. The van der Waals surface area contributed by atoms with Crippen LogP contribution in [0.4, 0.5) is 0 Å². The van der Waals surface area contributed by atoms with Gasteiger partial charge in [-0.3, -0.25) is 0 Å². The van der Waals surface area contributed by atoms with Gasteiger partial charge in [0.15, 0.2) is 0 Å². The van der Waals surface area contributed by atoms with Crippen molar-refractivity contribution in [1.29, 1.82) is 0 Å². The number of hydrogen-bond donors (Lipinski definition) is 2. The maximum Gasteiger partial charge on any atom is 0.0592 e. The number of hydrogen-bond acceptors (Lipinski definition) is 3. The predicted octanol–water partition coefficient (Wildman–Crippen LogP) is -0.0703. The fraction of sp³-hybridized carbons (Fsp3) is 1.00. The molecular formula is C5H13NOS. The molecule has 0 saturated heterocycles. The summed E-state index contributed by atoms with van der Waals surface area (Å²) in [4.78, 5) is 0. The summed E-state index contributed by atoms with van der Waals surface area (Å²) in [6.45, 7) is 0.233. The van der Waals surface area contributed by atoms with Crippen molar-refractivity contribution in [3.8, 4) is 0 Å². The molecule has 0 aliphatic heterocycles. The van der Waals surface area contributed by atoms with Gasteiger partial charge in [0, 0.05) is 11.8 Å². The van der Waals surface area contributed by atoms with Gasteiger partial charge < -0.3 is 10.4 Å². The van der Waals surface area contributed by atoms with Gasteiger partial charge in [-0.15, -0.1) is 0 Å². The van der Waals surface area contributed by atoms with Crippen molar-refractivity contribution in [2.24, 2.45) is 0 Å². The van der Waals surface area contributed by atoms with Gasteiger partial charge in [-0.1, -0.05) is 0 Å². The fourth-order valence-electron chi connectivity index (χ4n) is 0.429. The topological polar surface area (TPSA) is 32.3 Å². The monoisotopic (exact) mass is 135 g/mol. The molecule has 2 N–H and O–H groups in total. The summed E-state index contributed by atoms with van der Waals surface area (Å²) in [7, 11) is 1.86. The quantitative estimate of drug-likeness (QED) is 0.566. The number of nitrogens with one attached hydrogen (secondary N) is 1. The molecule has 3 heteroatoms. The van der Waals surface area contributed by atoms with E-state index in [9.17, 15) is 0 Å². The first-order valence-electron chi connectivity index (χ1n) is 2.62. The number of aliphatic hydroxyl groups is 1. The van der Waals surface area contributed by atoms with Crippen molar-refractivity contribution in [2.45, 2.75) is 6.04 Å². The Morgan fingerprint density at radius 3 is 2.50 bits per heavy atom. The fourth-order valence-corrected chi connectivity index (χ4v) is 1.10. The molecule has 0 aromatic rings. The third-order valence-electron chi connectivity index (χ3n) is 0.996. The summed E-state index contributed by atoms with van der Waals surface area (Å²) in [6, 6.07) is 0.269. The van der Waals surface area contributed by atoms with E-state index in [0.29, 0.717) is 0 Å². The van der Waals surface area contributed by atoms with Gasteiger partial charge in [0.25, 0.3) is 0 Å². The highest BCUT2D eigenvalue weighted by Gasteiger charge is 1.99. The van der Waals surface area contributed by atoms with E-state index in [4.69, 9.17) is 5.11 Å². The average Bonchev–Trinajstić information content (AvgIpc) is 1.83. The van der Waals surface area contributed by atoms with E-state index >= 15 is 0 Å². The summed E-state index contributed by atoms with van der Waals surface area (Å²) in [6.07, 6.45) is 2.03. The van der Waals surface area contributed by atoms with Gasteiger partial charge in [-0.25, -0.2) is 0 Å². The van der Waals surface area contributed by atoms with Crippen LogP contribution in [0.25, 0.3) is 0 Å². The Labute approximate surface area is 54.7 Å². The zero-order valence-electron chi connectivity index (χ0n) is 5.35. The lowest BCUT2D eigenvalue weighted by Crippen LogP contribution is -2.31. The molecule has 50 valence electrons. The zero-order chi connectivity index (χ0) is 6.41. The molecule has 0 saturated carbocycles. The van der Waals surface area contributed by atoms with E-state index in [0.717, 1.165) is 5.75 Å². The molecular weight excluding hydrogens is 122 g/mol. The first-order valence-corrected chi connectivity index (χ1v) is 4.01. The Hall–Kier alpha value is 0.270. The minimum Gasteiger partial charge on any atom is -0.395 e. The molecule has 8 heavy (non-hydrogen) atoms. The van der Waals surface area contributed by atoms with Crippen LogP contribution in [0, 0.1) is 0 Å². The first-order chi connectivity index (χ1) is 3.85. The van der Waals surface area contributed by atoms with Crippen LogP contribution in [0.1, 0.15) is 0 Å². The molecule has 0 amide bonds. The number of aliphatic hydroxyl groups excluding tert-OH is 1. The molecule has 0 bridgehead atoms. The molecule has 0 rings (SSSR count). The molecule has 0 heterocycles. The summed E-state index contributed by atoms with van der Waals surface area (Å²) in [5, 5.41) is 11.6. The molecule has 0 spiro atoms. The molecule has 1 unspecified atom stereocenters. The maximum atomic E-state index is 8.58. The van der Waals surface area contributed by atoms with Crippen molar-refractivity contribution < 1.29 is 5.11 Å². The largest absolute Gasteiger partial charge is 0.395 e. The van der Waals surface area contributed by atoms with Crippen molar-refractivity contribution in [1.82, 2.24) is 5.32 Å². The van der Waals surface area contributed by atoms with E-state index in [1.807, 2.05) is 13.3 Å². The van der Waals surface area contributed by atoms with Crippen LogP contribution in [-0.2, 0) is 0 Å². The van der Waals surface area contributed by atoms with Gasteiger partial charge in [0.05, 0.1) is 6.61 Å². The molecule has 1 atom stereocenters. The van der Waals surface area contributed by atoms with Gasteiger partial charge in [0.1, 0.15) is 0 Å². The molecule has 0 fully saturated rings. The van der Waals surface area contributed by atoms with Crippen LogP contribution in [0.2, 0.25) is 0 Å². The summed E-state index contributed by atoms with van der Waals surface area (Å²) in [5.41, 5.74) is 0. The van der Waals surface area contributed by atoms with Crippen LogP contribution in [0.3, 0.4) is 0 Å². The maximum absolute atomic E-state index is 8.58. The lowest BCUT2D eigenvalue weighted by molar-refractivity contribution is 0.260. The van der Waals surface area contributed by atoms with E-state index in [-0.39, 0.29) is 12.6 Å². The SMILES string of the molecule is CNC(CO)CSC. The number of thioether (sulfide) groups is 1. The van der Waals surface area contributed by atoms with E-state index in [2.05, 4.69) is 5.32 Å². The van der Waals surface area contributed by atoms with Crippen LogP contribution in [0.15, 0.2) is 0 Å². The molecule has 0 aliphatic carbocycles. The van der Waals surface area contributed by atoms with Crippen LogP contribution >= 0.6 is 11.8 Å². The number of rotatable bonds is 4. The normalized spacial score (nSPS) is 13.9. The van der Waals surface area contributed by atoms with Crippen LogP contribution < -0.4 is 5.32 Å². The standard InChI is InChI=1S/C5H13NOS/c1-6-5(3-7)4-8-2/h5-7H,3-4H2,1-2H3. The molecule has 2 nitrogen and oxygen atoms in total. The third kappa shape index (κ3) is 3.29. The second-order valence-corrected chi connectivity index (χ2v) is 2.53. The molecule has 0 aliphatic rings. The first kappa shape index (κ1) is 8.27. The molecule has 0 aromatic carbocycles. The predicted molar refractivity (Wildman–Crippen MR) is 38.3 cm³/mol. The van der Waals surface area contributed by atoms with E-state index < -0.39 is 0 Å². The second-order valence-electron chi connectivity index (χ2n) is 1.62.